The summed E-state index contributed by atoms with van der Waals surface area (Å²) in [7, 11) is -2.10. The molecule has 130 valence electrons. The molecule has 6 nitrogen and oxygen atoms in total. The van der Waals surface area contributed by atoms with Gasteiger partial charge in [-0.25, -0.2) is 13.1 Å². The Morgan fingerprint density at radius 2 is 1.96 bits per heavy atom. The average Bonchev–Trinajstić information content (AvgIpc) is 2.76. The fourth-order valence-electron chi connectivity index (χ4n) is 3.21. The molecule has 1 N–H and O–H groups in total. The summed E-state index contributed by atoms with van der Waals surface area (Å²) in [6.45, 7) is 1.50. The van der Waals surface area contributed by atoms with Crippen LogP contribution >= 0.6 is 11.6 Å². The van der Waals surface area contributed by atoms with Crippen molar-refractivity contribution in [3.63, 3.8) is 0 Å². The van der Waals surface area contributed by atoms with E-state index in [1.54, 1.807) is 25.3 Å². The second-order valence-corrected chi connectivity index (χ2v) is 8.16. The Hall–Kier alpha value is -2.25. The van der Waals surface area contributed by atoms with E-state index in [1.807, 2.05) is 16.9 Å². The van der Waals surface area contributed by atoms with Crippen LogP contribution in [0.4, 0.5) is 5.69 Å². The standard InChI is InChI=1S/C17H15ClN2O4S/c1-24-12-3-4-13(15(18)7-12)10-8-20(9-10)11-2-5-16-14(6-11)17(21)19-25(16,22)23/h2-7,10H,8-9H2,1H3,(H,19,21). The number of carbonyl (C=O) groups is 1. The molecule has 0 aliphatic carbocycles. The van der Waals surface area contributed by atoms with E-state index in [0.29, 0.717) is 5.02 Å². The van der Waals surface area contributed by atoms with Gasteiger partial charge in [0.15, 0.2) is 0 Å². The zero-order valence-corrected chi connectivity index (χ0v) is 14.9. The molecule has 0 saturated carbocycles. The van der Waals surface area contributed by atoms with Crippen molar-refractivity contribution in [2.75, 3.05) is 25.1 Å². The van der Waals surface area contributed by atoms with Crippen molar-refractivity contribution in [2.45, 2.75) is 10.8 Å². The van der Waals surface area contributed by atoms with Crippen LogP contribution in [0.5, 0.6) is 5.75 Å². The van der Waals surface area contributed by atoms with Crippen molar-refractivity contribution in [2.24, 2.45) is 0 Å². The molecule has 0 unspecified atom stereocenters. The SMILES string of the molecule is COc1ccc(C2CN(c3ccc4c(c3)C(=O)NS4(=O)=O)C2)c(Cl)c1. The molecule has 25 heavy (non-hydrogen) atoms. The molecule has 8 heteroatoms. The monoisotopic (exact) mass is 378 g/mol. The first-order valence-corrected chi connectivity index (χ1v) is 9.55. The summed E-state index contributed by atoms with van der Waals surface area (Å²) in [5, 5.41) is 0.670. The van der Waals surface area contributed by atoms with Gasteiger partial charge in [0.05, 0.1) is 12.7 Å². The number of rotatable bonds is 3. The van der Waals surface area contributed by atoms with Crippen molar-refractivity contribution < 1.29 is 17.9 Å². The van der Waals surface area contributed by atoms with Gasteiger partial charge in [-0.15, -0.1) is 0 Å². The van der Waals surface area contributed by atoms with Gasteiger partial charge in [0.25, 0.3) is 15.9 Å². The highest BCUT2D eigenvalue weighted by molar-refractivity contribution is 7.90. The quantitative estimate of drug-likeness (QED) is 0.887. The van der Waals surface area contributed by atoms with Crippen molar-refractivity contribution in [3.05, 3.63) is 52.5 Å². The van der Waals surface area contributed by atoms with E-state index in [0.717, 1.165) is 30.1 Å². The summed E-state index contributed by atoms with van der Waals surface area (Å²) in [5.41, 5.74) is 2.08. The fraction of sp³-hybridized carbons (Fsp3) is 0.235. The summed E-state index contributed by atoms with van der Waals surface area (Å²) in [6.07, 6.45) is 0. The second-order valence-electron chi connectivity index (χ2n) is 6.10. The Morgan fingerprint density at radius 3 is 2.64 bits per heavy atom. The summed E-state index contributed by atoms with van der Waals surface area (Å²) >= 11 is 6.32. The molecule has 0 spiro atoms. The third kappa shape index (κ3) is 2.63. The van der Waals surface area contributed by atoms with Gasteiger partial charge in [0.2, 0.25) is 0 Å². The Balaban J connectivity index is 1.54. The number of anilines is 1. The topological polar surface area (TPSA) is 75.7 Å². The first kappa shape index (κ1) is 16.2. The maximum absolute atomic E-state index is 11.8. The molecule has 0 bridgehead atoms. The summed E-state index contributed by atoms with van der Waals surface area (Å²) in [6, 6.07) is 10.5. The lowest BCUT2D eigenvalue weighted by Gasteiger charge is -2.41. The van der Waals surface area contributed by atoms with E-state index >= 15 is 0 Å². The minimum Gasteiger partial charge on any atom is -0.497 e. The number of nitrogens with zero attached hydrogens (tertiary/aromatic N) is 1. The summed E-state index contributed by atoms with van der Waals surface area (Å²) < 4.78 is 30.7. The molecule has 2 aliphatic rings. The molecule has 1 saturated heterocycles. The van der Waals surface area contributed by atoms with Crippen molar-refractivity contribution in [1.29, 1.82) is 0 Å². The number of ether oxygens (including phenoxy) is 1. The number of hydrogen-bond acceptors (Lipinski definition) is 5. The van der Waals surface area contributed by atoms with Crippen LogP contribution in [0.1, 0.15) is 21.8 Å². The Bertz CT molecular complexity index is 984. The molecule has 0 radical (unpaired) electrons. The van der Waals surface area contributed by atoms with Crippen molar-refractivity contribution >= 4 is 33.2 Å². The average molecular weight is 379 g/mol. The van der Waals surface area contributed by atoms with Crippen LogP contribution in [0.15, 0.2) is 41.3 Å². The lowest BCUT2D eigenvalue weighted by atomic mass is 9.90. The molecule has 2 aromatic rings. The third-order valence-corrected chi connectivity index (χ3v) is 6.33. The maximum atomic E-state index is 11.8. The predicted octanol–water partition coefficient (Wildman–Crippen LogP) is 2.38. The molecular formula is C17H15ClN2O4S. The molecular weight excluding hydrogens is 364 g/mol. The number of halogens is 1. The summed E-state index contributed by atoms with van der Waals surface area (Å²) in [5.74, 6) is 0.423. The minimum atomic E-state index is -3.70. The lowest BCUT2D eigenvalue weighted by molar-refractivity contribution is 0.0985. The van der Waals surface area contributed by atoms with Crippen LogP contribution < -0.4 is 14.4 Å². The molecule has 1 amide bonds. The van der Waals surface area contributed by atoms with E-state index in [-0.39, 0.29) is 16.4 Å². The maximum Gasteiger partial charge on any atom is 0.266 e. The van der Waals surface area contributed by atoms with E-state index in [2.05, 4.69) is 4.90 Å². The molecule has 4 rings (SSSR count). The zero-order chi connectivity index (χ0) is 17.8. The lowest BCUT2D eigenvalue weighted by Crippen LogP contribution is -2.45. The molecule has 1 fully saturated rings. The van der Waals surface area contributed by atoms with Crippen molar-refractivity contribution in [1.82, 2.24) is 4.72 Å². The van der Waals surface area contributed by atoms with Crippen LogP contribution in [-0.4, -0.2) is 34.5 Å². The van der Waals surface area contributed by atoms with E-state index in [4.69, 9.17) is 16.3 Å². The predicted molar refractivity (Wildman–Crippen MR) is 94.1 cm³/mol. The van der Waals surface area contributed by atoms with Crippen molar-refractivity contribution in [3.8, 4) is 5.75 Å². The Kier molecular flexibility index (Phi) is 3.66. The number of carbonyl (C=O) groups excluding carboxylic acids is 1. The van der Waals surface area contributed by atoms with Crippen LogP contribution in [0.3, 0.4) is 0 Å². The number of hydrogen-bond donors (Lipinski definition) is 1. The van der Waals surface area contributed by atoms with Crippen LogP contribution in [0, 0.1) is 0 Å². The van der Waals surface area contributed by atoms with Gasteiger partial charge in [0, 0.05) is 29.7 Å². The highest BCUT2D eigenvalue weighted by atomic mass is 35.5. The Morgan fingerprint density at radius 1 is 1.20 bits per heavy atom. The van der Waals surface area contributed by atoms with Crippen LogP contribution in [0.25, 0.3) is 0 Å². The van der Waals surface area contributed by atoms with E-state index in [9.17, 15) is 13.2 Å². The highest BCUT2D eigenvalue weighted by Crippen LogP contribution is 2.37. The van der Waals surface area contributed by atoms with Crippen LogP contribution in [0.2, 0.25) is 5.02 Å². The van der Waals surface area contributed by atoms with Gasteiger partial charge in [-0.1, -0.05) is 17.7 Å². The molecule has 2 aromatic carbocycles. The van der Waals surface area contributed by atoms with Gasteiger partial charge in [-0.05, 0) is 35.9 Å². The van der Waals surface area contributed by atoms with Gasteiger partial charge < -0.3 is 9.64 Å². The molecule has 0 atom stereocenters. The zero-order valence-electron chi connectivity index (χ0n) is 13.3. The number of methoxy groups -OCH3 is 1. The smallest absolute Gasteiger partial charge is 0.266 e. The summed E-state index contributed by atoms with van der Waals surface area (Å²) in [4.78, 5) is 13.9. The minimum absolute atomic E-state index is 0.0384. The number of amides is 1. The van der Waals surface area contributed by atoms with Gasteiger partial charge in [0.1, 0.15) is 10.6 Å². The Labute approximate surface area is 150 Å². The molecule has 2 heterocycles. The molecule has 2 aliphatic heterocycles. The largest absolute Gasteiger partial charge is 0.497 e. The number of fused-ring (bicyclic) bond motifs is 1. The van der Waals surface area contributed by atoms with Crippen LogP contribution in [-0.2, 0) is 10.0 Å². The van der Waals surface area contributed by atoms with E-state index < -0.39 is 15.9 Å². The second kappa shape index (κ2) is 5.64. The molecule has 0 aromatic heterocycles. The highest BCUT2D eigenvalue weighted by Gasteiger charge is 2.35. The van der Waals surface area contributed by atoms with E-state index in [1.165, 1.54) is 6.07 Å². The first-order chi connectivity index (χ1) is 11.9. The number of sulfonamides is 1. The number of benzene rings is 2. The fourth-order valence-corrected chi connectivity index (χ4v) is 4.69. The number of nitrogens with one attached hydrogen (secondary N) is 1. The van der Waals surface area contributed by atoms with Gasteiger partial charge in [-0.2, -0.15) is 0 Å². The third-order valence-electron chi connectivity index (χ3n) is 4.62. The van der Waals surface area contributed by atoms with Gasteiger partial charge in [-0.3, -0.25) is 4.79 Å². The van der Waals surface area contributed by atoms with Gasteiger partial charge >= 0.3 is 0 Å². The first-order valence-electron chi connectivity index (χ1n) is 7.68. The normalized spacial score (nSPS) is 18.5.